The van der Waals surface area contributed by atoms with Gasteiger partial charge in [-0.25, -0.2) is 4.98 Å². The van der Waals surface area contributed by atoms with Gasteiger partial charge < -0.3 is 15.4 Å². The molecule has 0 spiro atoms. The highest BCUT2D eigenvalue weighted by molar-refractivity contribution is 7.14. The van der Waals surface area contributed by atoms with E-state index in [0.29, 0.717) is 5.56 Å². The number of nitrogens with one attached hydrogen (secondary N) is 2. The second-order valence-corrected chi connectivity index (χ2v) is 5.93. The molecule has 2 aromatic rings. The Bertz CT molecular complexity index is 790. The van der Waals surface area contributed by atoms with Crippen molar-refractivity contribution in [1.29, 1.82) is 0 Å². The second-order valence-electron chi connectivity index (χ2n) is 5.08. The van der Waals surface area contributed by atoms with Crippen LogP contribution in [0.25, 0.3) is 0 Å². The number of thiazole rings is 1. The molecule has 25 heavy (non-hydrogen) atoms. The zero-order chi connectivity index (χ0) is 18.6. The van der Waals surface area contributed by atoms with Crippen molar-refractivity contribution in [3.8, 4) is 5.75 Å². The number of carbonyl (C=O) groups excluding carboxylic acids is 2. The van der Waals surface area contributed by atoms with Crippen LogP contribution in [-0.2, 0) is 4.79 Å². The van der Waals surface area contributed by atoms with E-state index in [2.05, 4.69) is 15.6 Å². The fourth-order valence-corrected chi connectivity index (χ4v) is 2.52. The number of nitrogens with zero attached hydrogens (tertiary/aromatic N) is 1. The van der Waals surface area contributed by atoms with Gasteiger partial charge in [-0.3, -0.25) is 9.59 Å². The molecule has 0 saturated heterocycles. The van der Waals surface area contributed by atoms with Crippen LogP contribution in [0.4, 0.5) is 24.0 Å². The van der Waals surface area contributed by atoms with Crippen molar-refractivity contribution in [2.45, 2.75) is 20.0 Å². The first-order valence-corrected chi connectivity index (χ1v) is 7.86. The van der Waals surface area contributed by atoms with Crippen molar-refractivity contribution in [3.05, 3.63) is 34.8 Å². The minimum atomic E-state index is -4.49. The lowest BCUT2D eigenvalue weighted by Crippen LogP contribution is -2.20. The number of alkyl halides is 3. The number of ether oxygens (including phenoxy) is 1. The highest BCUT2D eigenvalue weighted by atomic mass is 32.1. The predicted molar refractivity (Wildman–Crippen MR) is 87.1 cm³/mol. The van der Waals surface area contributed by atoms with Gasteiger partial charge in [-0.05, 0) is 24.6 Å². The number of halogens is 3. The van der Waals surface area contributed by atoms with E-state index in [1.54, 1.807) is 13.0 Å². The van der Waals surface area contributed by atoms with Crippen LogP contribution in [0, 0.1) is 6.92 Å². The van der Waals surface area contributed by atoms with Crippen LogP contribution in [0.2, 0.25) is 0 Å². The summed E-state index contributed by atoms with van der Waals surface area (Å²) in [6, 6.07) is 4.46. The summed E-state index contributed by atoms with van der Waals surface area (Å²) in [5, 5.41) is 6.56. The Labute approximate surface area is 145 Å². The standard InChI is InChI=1S/C15H14F3N3O3S/c1-8-3-4-10(12(5-8)24-7-15(16,17)18)20-13(23)11-6-25-14(21-11)19-9(2)22/h3-6H,7H2,1-2H3,(H,20,23)(H,19,21,22). The molecule has 134 valence electrons. The van der Waals surface area contributed by atoms with Gasteiger partial charge in [0.25, 0.3) is 5.91 Å². The zero-order valence-electron chi connectivity index (χ0n) is 13.2. The molecule has 0 atom stereocenters. The van der Waals surface area contributed by atoms with Crippen LogP contribution in [0.15, 0.2) is 23.6 Å². The number of benzene rings is 1. The van der Waals surface area contributed by atoms with Gasteiger partial charge in [-0.1, -0.05) is 6.07 Å². The summed E-state index contributed by atoms with van der Waals surface area (Å²) in [7, 11) is 0. The molecular formula is C15H14F3N3O3S. The van der Waals surface area contributed by atoms with Crippen LogP contribution in [0.1, 0.15) is 23.0 Å². The Morgan fingerprint density at radius 3 is 2.64 bits per heavy atom. The topological polar surface area (TPSA) is 80.3 Å². The van der Waals surface area contributed by atoms with E-state index in [1.165, 1.54) is 24.4 Å². The lowest BCUT2D eigenvalue weighted by atomic mass is 10.2. The summed E-state index contributed by atoms with van der Waals surface area (Å²) in [5.74, 6) is -1.06. The van der Waals surface area contributed by atoms with E-state index in [4.69, 9.17) is 4.74 Å². The summed E-state index contributed by atoms with van der Waals surface area (Å²) in [6.45, 7) is 1.52. The molecule has 0 aliphatic rings. The van der Waals surface area contributed by atoms with E-state index in [0.717, 1.165) is 11.3 Å². The Morgan fingerprint density at radius 2 is 2.00 bits per heavy atom. The lowest BCUT2D eigenvalue weighted by Gasteiger charge is -2.14. The molecule has 0 aliphatic heterocycles. The number of rotatable bonds is 5. The minimum Gasteiger partial charge on any atom is -0.482 e. The smallest absolute Gasteiger partial charge is 0.422 e. The fourth-order valence-electron chi connectivity index (χ4n) is 1.78. The maximum absolute atomic E-state index is 12.4. The van der Waals surface area contributed by atoms with Crippen molar-refractivity contribution in [3.63, 3.8) is 0 Å². The van der Waals surface area contributed by atoms with Gasteiger partial charge in [0.2, 0.25) is 5.91 Å². The van der Waals surface area contributed by atoms with Gasteiger partial charge in [-0.15, -0.1) is 11.3 Å². The third kappa shape index (κ3) is 5.75. The number of aryl methyl sites for hydroxylation is 1. The van der Waals surface area contributed by atoms with E-state index >= 15 is 0 Å². The fraction of sp³-hybridized carbons (Fsp3) is 0.267. The molecule has 0 saturated carbocycles. The van der Waals surface area contributed by atoms with Gasteiger partial charge >= 0.3 is 6.18 Å². The lowest BCUT2D eigenvalue weighted by molar-refractivity contribution is -0.153. The van der Waals surface area contributed by atoms with E-state index in [9.17, 15) is 22.8 Å². The van der Waals surface area contributed by atoms with Gasteiger partial charge in [0.05, 0.1) is 5.69 Å². The maximum Gasteiger partial charge on any atom is 0.422 e. The Morgan fingerprint density at radius 1 is 1.28 bits per heavy atom. The molecule has 0 radical (unpaired) electrons. The normalized spacial score (nSPS) is 11.1. The molecule has 0 aliphatic carbocycles. The van der Waals surface area contributed by atoms with Crippen LogP contribution in [0.3, 0.4) is 0 Å². The maximum atomic E-state index is 12.4. The molecule has 2 amide bonds. The number of hydrogen-bond acceptors (Lipinski definition) is 5. The van der Waals surface area contributed by atoms with Gasteiger partial charge in [-0.2, -0.15) is 13.2 Å². The predicted octanol–water partition coefficient (Wildman–Crippen LogP) is 3.60. The molecule has 0 fully saturated rings. The SMILES string of the molecule is CC(=O)Nc1nc(C(=O)Nc2ccc(C)cc2OCC(F)(F)F)cs1. The third-order valence-corrected chi connectivity index (χ3v) is 3.55. The van der Waals surface area contributed by atoms with Gasteiger partial charge in [0, 0.05) is 12.3 Å². The highest BCUT2D eigenvalue weighted by Crippen LogP contribution is 2.28. The molecule has 0 bridgehead atoms. The molecule has 0 unspecified atom stereocenters. The molecule has 1 aromatic heterocycles. The first-order valence-electron chi connectivity index (χ1n) is 6.99. The molecular weight excluding hydrogens is 359 g/mol. The summed E-state index contributed by atoms with van der Waals surface area (Å²) in [6.07, 6.45) is -4.49. The van der Waals surface area contributed by atoms with Gasteiger partial charge in [0.15, 0.2) is 11.7 Å². The highest BCUT2D eigenvalue weighted by Gasteiger charge is 2.29. The van der Waals surface area contributed by atoms with Crippen LogP contribution >= 0.6 is 11.3 Å². The molecule has 2 N–H and O–H groups in total. The third-order valence-electron chi connectivity index (χ3n) is 2.80. The van der Waals surface area contributed by atoms with E-state index in [1.807, 2.05) is 0 Å². The van der Waals surface area contributed by atoms with Crippen molar-refractivity contribution in [1.82, 2.24) is 4.98 Å². The average Bonchev–Trinajstić information content (AvgIpc) is 2.94. The Kier molecular flexibility index (Phi) is 5.62. The van der Waals surface area contributed by atoms with Crippen molar-refractivity contribution in [2.24, 2.45) is 0 Å². The Hall–Kier alpha value is -2.62. The summed E-state index contributed by atoms with van der Waals surface area (Å²) < 4.78 is 41.8. The van der Waals surface area contributed by atoms with E-state index < -0.39 is 18.7 Å². The van der Waals surface area contributed by atoms with Crippen molar-refractivity contribution in [2.75, 3.05) is 17.2 Å². The quantitative estimate of drug-likeness (QED) is 0.839. The minimum absolute atomic E-state index is 0.0242. The van der Waals surface area contributed by atoms with Gasteiger partial charge in [0.1, 0.15) is 11.4 Å². The molecule has 2 rings (SSSR count). The van der Waals surface area contributed by atoms with E-state index in [-0.39, 0.29) is 28.2 Å². The summed E-state index contributed by atoms with van der Waals surface area (Å²) in [5.41, 5.74) is 0.793. The van der Waals surface area contributed by atoms with Crippen LogP contribution < -0.4 is 15.4 Å². The molecule has 10 heteroatoms. The number of anilines is 2. The number of amides is 2. The first kappa shape index (κ1) is 18.7. The second kappa shape index (κ2) is 7.51. The number of carbonyl (C=O) groups is 2. The first-order chi connectivity index (χ1) is 11.6. The van der Waals surface area contributed by atoms with Crippen LogP contribution in [0.5, 0.6) is 5.75 Å². The average molecular weight is 373 g/mol. The summed E-state index contributed by atoms with van der Waals surface area (Å²) in [4.78, 5) is 27.1. The van der Waals surface area contributed by atoms with Crippen LogP contribution in [-0.4, -0.2) is 29.6 Å². The molecule has 6 nitrogen and oxygen atoms in total. The number of hydrogen-bond donors (Lipinski definition) is 2. The largest absolute Gasteiger partial charge is 0.482 e. The zero-order valence-corrected chi connectivity index (χ0v) is 14.0. The number of aromatic nitrogens is 1. The Balaban J connectivity index is 2.14. The van der Waals surface area contributed by atoms with Crippen molar-refractivity contribution < 1.29 is 27.5 Å². The monoisotopic (exact) mass is 373 g/mol. The molecule has 1 heterocycles. The molecule has 1 aromatic carbocycles. The van der Waals surface area contributed by atoms with Crippen molar-refractivity contribution >= 4 is 34.0 Å². The summed E-state index contributed by atoms with van der Waals surface area (Å²) >= 11 is 1.05.